The molecule has 1 aliphatic rings. The van der Waals surface area contributed by atoms with Gasteiger partial charge in [-0.05, 0) is 37.1 Å². The number of hydrogen-bond donors (Lipinski definition) is 2. The summed E-state index contributed by atoms with van der Waals surface area (Å²) in [5, 5.41) is 6.39. The van der Waals surface area contributed by atoms with Gasteiger partial charge in [-0.3, -0.25) is 4.79 Å². The monoisotopic (exact) mass is 304 g/mol. The molecule has 0 aliphatic carbocycles. The van der Waals surface area contributed by atoms with E-state index < -0.39 is 0 Å². The molecule has 2 unspecified atom stereocenters. The third-order valence-electron chi connectivity index (χ3n) is 3.93. The first-order valence-electron chi connectivity index (χ1n) is 7.59. The van der Waals surface area contributed by atoms with Gasteiger partial charge in [0.15, 0.2) is 11.5 Å². The number of ether oxygens (including phenoxy) is 2. The highest BCUT2D eigenvalue weighted by Gasteiger charge is 2.23. The van der Waals surface area contributed by atoms with Gasteiger partial charge in [-0.25, -0.2) is 0 Å². The molecular formula is C17H24N2O3. The number of hydrogen-bond acceptors (Lipinski definition) is 4. The molecule has 1 saturated heterocycles. The molecule has 0 saturated carbocycles. The summed E-state index contributed by atoms with van der Waals surface area (Å²) in [6.45, 7) is 8.00. The molecule has 5 nitrogen and oxygen atoms in total. The Bertz CT molecular complexity index is 531. The van der Waals surface area contributed by atoms with Gasteiger partial charge in [0.1, 0.15) is 6.61 Å². The Morgan fingerprint density at radius 2 is 2.32 bits per heavy atom. The summed E-state index contributed by atoms with van der Waals surface area (Å²) in [6, 6.07) is 5.36. The lowest BCUT2D eigenvalue weighted by Gasteiger charge is -2.30. The van der Waals surface area contributed by atoms with Crippen LogP contribution in [0.4, 0.5) is 0 Å². The molecule has 0 bridgehead atoms. The third kappa shape index (κ3) is 4.01. The van der Waals surface area contributed by atoms with Crippen molar-refractivity contribution in [2.24, 2.45) is 5.92 Å². The van der Waals surface area contributed by atoms with Gasteiger partial charge >= 0.3 is 0 Å². The zero-order valence-corrected chi connectivity index (χ0v) is 13.2. The van der Waals surface area contributed by atoms with Crippen molar-refractivity contribution in [3.63, 3.8) is 0 Å². The minimum Gasteiger partial charge on any atom is -0.493 e. The maximum absolute atomic E-state index is 12.4. The summed E-state index contributed by atoms with van der Waals surface area (Å²) in [6.07, 6.45) is 2.74. The first-order valence-corrected chi connectivity index (χ1v) is 7.59. The van der Waals surface area contributed by atoms with Crippen LogP contribution in [0.25, 0.3) is 0 Å². The highest BCUT2D eigenvalue weighted by Crippen LogP contribution is 2.28. The van der Waals surface area contributed by atoms with E-state index in [0.717, 1.165) is 19.5 Å². The molecule has 1 fully saturated rings. The van der Waals surface area contributed by atoms with Gasteiger partial charge in [-0.1, -0.05) is 19.6 Å². The van der Waals surface area contributed by atoms with E-state index in [-0.39, 0.29) is 11.9 Å². The number of carbonyl (C=O) groups is 1. The Labute approximate surface area is 131 Å². The first kappa shape index (κ1) is 16.4. The number of methoxy groups -OCH3 is 1. The van der Waals surface area contributed by atoms with Crippen LogP contribution in [0.2, 0.25) is 0 Å². The molecule has 0 aromatic heterocycles. The molecule has 0 spiro atoms. The molecule has 1 aromatic rings. The predicted molar refractivity (Wildman–Crippen MR) is 86.6 cm³/mol. The maximum Gasteiger partial charge on any atom is 0.251 e. The van der Waals surface area contributed by atoms with E-state index in [9.17, 15) is 4.79 Å². The summed E-state index contributed by atoms with van der Waals surface area (Å²) in [5.74, 6) is 1.53. The summed E-state index contributed by atoms with van der Waals surface area (Å²) in [5.41, 5.74) is 0.570. The molecular weight excluding hydrogens is 280 g/mol. The average molecular weight is 304 g/mol. The van der Waals surface area contributed by atoms with Gasteiger partial charge in [0.2, 0.25) is 0 Å². The Morgan fingerprint density at radius 1 is 1.50 bits per heavy atom. The van der Waals surface area contributed by atoms with Crippen LogP contribution < -0.4 is 20.1 Å². The number of benzene rings is 1. The van der Waals surface area contributed by atoms with Gasteiger partial charge in [-0.15, -0.1) is 0 Å². The minimum atomic E-state index is -0.0888. The summed E-state index contributed by atoms with van der Waals surface area (Å²) in [7, 11) is 1.56. The number of amides is 1. The second kappa shape index (κ2) is 7.84. The van der Waals surface area contributed by atoms with Crippen molar-refractivity contribution < 1.29 is 14.3 Å². The molecule has 5 heteroatoms. The van der Waals surface area contributed by atoms with Gasteiger partial charge in [-0.2, -0.15) is 0 Å². The number of rotatable bonds is 6. The number of carbonyl (C=O) groups excluding carboxylic acids is 1. The zero-order chi connectivity index (χ0) is 15.9. The van der Waals surface area contributed by atoms with Crippen molar-refractivity contribution in [3.8, 4) is 11.5 Å². The van der Waals surface area contributed by atoms with Crippen LogP contribution in [-0.2, 0) is 0 Å². The fraction of sp³-hybridized carbons (Fsp3) is 0.471. The van der Waals surface area contributed by atoms with Crippen LogP contribution in [0.15, 0.2) is 30.9 Å². The van der Waals surface area contributed by atoms with E-state index in [0.29, 0.717) is 29.6 Å². The Hall–Kier alpha value is -2.01. The molecule has 120 valence electrons. The molecule has 1 aromatic carbocycles. The van der Waals surface area contributed by atoms with Crippen molar-refractivity contribution >= 4 is 5.91 Å². The SMILES string of the molecule is C=CCOc1ccc(C(=O)NC2CNCCC2C)cc1OC. The topological polar surface area (TPSA) is 59.6 Å². The van der Waals surface area contributed by atoms with Gasteiger partial charge in [0, 0.05) is 18.2 Å². The van der Waals surface area contributed by atoms with Gasteiger partial charge < -0.3 is 20.1 Å². The second-order valence-corrected chi connectivity index (χ2v) is 5.52. The molecule has 0 radical (unpaired) electrons. The van der Waals surface area contributed by atoms with Crippen molar-refractivity contribution in [3.05, 3.63) is 36.4 Å². The van der Waals surface area contributed by atoms with E-state index in [1.165, 1.54) is 0 Å². The summed E-state index contributed by atoms with van der Waals surface area (Å²) in [4.78, 5) is 12.4. The Kier molecular flexibility index (Phi) is 5.83. The van der Waals surface area contributed by atoms with E-state index in [1.54, 1.807) is 31.4 Å². The van der Waals surface area contributed by atoms with E-state index in [4.69, 9.17) is 9.47 Å². The summed E-state index contributed by atoms with van der Waals surface area (Å²) >= 11 is 0. The second-order valence-electron chi connectivity index (χ2n) is 5.52. The lowest BCUT2D eigenvalue weighted by molar-refractivity contribution is 0.0915. The standard InChI is InChI=1S/C17H24N2O3/c1-4-9-22-15-6-5-13(10-16(15)21-3)17(20)19-14-11-18-8-7-12(14)2/h4-6,10,12,14,18H,1,7-9,11H2,2-3H3,(H,19,20). The highest BCUT2D eigenvalue weighted by atomic mass is 16.5. The van der Waals surface area contributed by atoms with Gasteiger partial charge in [0.05, 0.1) is 7.11 Å². The molecule has 2 atom stereocenters. The molecule has 1 heterocycles. The van der Waals surface area contributed by atoms with E-state index >= 15 is 0 Å². The smallest absolute Gasteiger partial charge is 0.251 e. The van der Waals surface area contributed by atoms with Crippen LogP contribution in [-0.4, -0.2) is 38.8 Å². The van der Waals surface area contributed by atoms with E-state index in [1.807, 2.05) is 0 Å². The zero-order valence-electron chi connectivity index (χ0n) is 13.2. The molecule has 2 N–H and O–H groups in total. The van der Waals surface area contributed by atoms with Crippen LogP contribution in [0.5, 0.6) is 11.5 Å². The largest absolute Gasteiger partial charge is 0.493 e. The Morgan fingerprint density at radius 3 is 3.00 bits per heavy atom. The first-order chi connectivity index (χ1) is 10.7. The van der Waals surface area contributed by atoms with E-state index in [2.05, 4.69) is 24.1 Å². The lowest BCUT2D eigenvalue weighted by Crippen LogP contribution is -2.50. The van der Waals surface area contributed by atoms with Crippen molar-refractivity contribution in [2.45, 2.75) is 19.4 Å². The molecule has 1 aliphatic heterocycles. The fourth-order valence-electron chi connectivity index (χ4n) is 2.51. The predicted octanol–water partition coefficient (Wildman–Crippen LogP) is 1.99. The minimum absolute atomic E-state index is 0.0888. The molecule has 2 rings (SSSR count). The average Bonchev–Trinajstić information content (AvgIpc) is 2.54. The van der Waals surface area contributed by atoms with Crippen molar-refractivity contribution in [1.82, 2.24) is 10.6 Å². The quantitative estimate of drug-likeness (QED) is 0.789. The van der Waals surface area contributed by atoms with Crippen LogP contribution in [0, 0.1) is 5.92 Å². The van der Waals surface area contributed by atoms with Crippen molar-refractivity contribution in [2.75, 3.05) is 26.8 Å². The maximum atomic E-state index is 12.4. The van der Waals surface area contributed by atoms with Crippen molar-refractivity contribution in [1.29, 1.82) is 0 Å². The third-order valence-corrected chi connectivity index (χ3v) is 3.93. The molecule has 1 amide bonds. The van der Waals surface area contributed by atoms with Gasteiger partial charge in [0.25, 0.3) is 5.91 Å². The number of piperidine rings is 1. The normalized spacial score (nSPS) is 21.0. The number of nitrogens with one attached hydrogen (secondary N) is 2. The van der Waals surface area contributed by atoms with Crippen LogP contribution >= 0.6 is 0 Å². The lowest BCUT2D eigenvalue weighted by atomic mass is 9.94. The van der Waals surface area contributed by atoms with Crippen LogP contribution in [0.3, 0.4) is 0 Å². The summed E-state index contributed by atoms with van der Waals surface area (Å²) < 4.78 is 10.8. The fourth-order valence-corrected chi connectivity index (χ4v) is 2.51. The highest BCUT2D eigenvalue weighted by molar-refractivity contribution is 5.95. The van der Waals surface area contributed by atoms with Crippen LogP contribution in [0.1, 0.15) is 23.7 Å². The molecule has 22 heavy (non-hydrogen) atoms. The Balaban J connectivity index is 2.07.